The highest BCUT2D eigenvalue weighted by atomic mass is 19.3. The van der Waals surface area contributed by atoms with Gasteiger partial charge in [-0.3, -0.25) is 9.97 Å². The van der Waals surface area contributed by atoms with Crippen LogP contribution in [0.15, 0.2) is 24.5 Å². The first-order chi connectivity index (χ1) is 10.00. The van der Waals surface area contributed by atoms with Crippen molar-refractivity contribution in [3.05, 3.63) is 30.1 Å². The molecule has 0 bridgehead atoms. The Morgan fingerprint density at radius 1 is 1.29 bits per heavy atom. The fourth-order valence-corrected chi connectivity index (χ4v) is 2.71. The summed E-state index contributed by atoms with van der Waals surface area (Å²) in [6.45, 7) is -0.0779. The van der Waals surface area contributed by atoms with Crippen LogP contribution in [0.1, 0.15) is 12.0 Å². The summed E-state index contributed by atoms with van der Waals surface area (Å²) in [5.74, 6) is -2.83. The van der Waals surface area contributed by atoms with Crippen molar-refractivity contribution in [1.82, 2.24) is 9.97 Å². The topological polar surface area (TPSA) is 78.8 Å². The molecule has 0 spiro atoms. The Hall–Kier alpha value is -2.33. The molecule has 0 aliphatic carbocycles. The van der Waals surface area contributed by atoms with E-state index in [2.05, 4.69) is 9.97 Å². The number of aromatic nitrogens is 2. The lowest BCUT2D eigenvalue weighted by Crippen LogP contribution is -2.52. The van der Waals surface area contributed by atoms with Crippen molar-refractivity contribution in [3.8, 4) is 6.07 Å². The maximum absolute atomic E-state index is 13.7. The van der Waals surface area contributed by atoms with Gasteiger partial charge in [0, 0.05) is 31.4 Å². The van der Waals surface area contributed by atoms with Gasteiger partial charge in [0.1, 0.15) is 17.1 Å². The third-order valence-corrected chi connectivity index (χ3v) is 3.50. The predicted octanol–water partition coefficient (Wildman–Crippen LogP) is 1.67. The predicted molar refractivity (Wildman–Crippen MR) is 74.0 cm³/mol. The standard InChI is InChI=1S/C14H13F2N5/c15-14(16)5-10(18)7-21(8-14)11-2-1-9(6-17)12-13(11)20-4-3-19-12/h1-4,10H,5,7-8,18H2/t10-/m1/s1. The average molecular weight is 289 g/mol. The zero-order valence-electron chi connectivity index (χ0n) is 11.1. The van der Waals surface area contributed by atoms with Crippen LogP contribution in [0, 0.1) is 11.3 Å². The molecule has 7 heteroatoms. The van der Waals surface area contributed by atoms with Crippen molar-refractivity contribution in [2.24, 2.45) is 5.73 Å². The van der Waals surface area contributed by atoms with E-state index in [1.165, 1.54) is 17.3 Å². The maximum Gasteiger partial charge on any atom is 0.266 e. The molecule has 1 aliphatic heterocycles. The molecule has 1 aromatic carbocycles. The fourth-order valence-electron chi connectivity index (χ4n) is 2.71. The fraction of sp³-hybridized carbons (Fsp3) is 0.357. The summed E-state index contributed by atoms with van der Waals surface area (Å²) >= 11 is 0. The molecule has 3 rings (SSSR count). The first kappa shape index (κ1) is 13.6. The number of benzene rings is 1. The Morgan fingerprint density at radius 2 is 2.00 bits per heavy atom. The highest BCUT2D eigenvalue weighted by molar-refractivity contribution is 5.92. The smallest absolute Gasteiger partial charge is 0.266 e. The maximum atomic E-state index is 13.7. The number of nitriles is 1. The van der Waals surface area contributed by atoms with Crippen molar-refractivity contribution in [2.45, 2.75) is 18.4 Å². The van der Waals surface area contributed by atoms with Crippen LogP contribution in [0.4, 0.5) is 14.5 Å². The molecule has 1 saturated heterocycles. The lowest BCUT2D eigenvalue weighted by Gasteiger charge is -2.37. The van der Waals surface area contributed by atoms with Gasteiger partial charge in [-0.1, -0.05) is 0 Å². The second-order valence-corrected chi connectivity index (χ2v) is 5.20. The van der Waals surface area contributed by atoms with Crippen LogP contribution >= 0.6 is 0 Å². The number of hydrogen-bond donors (Lipinski definition) is 1. The Morgan fingerprint density at radius 3 is 2.67 bits per heavy atom. The number of alkyl halides is 2. The number of piperidine rings is 1. The number of anilines is 1. The Labute approximate surface area is 120 Å². The molecule has 1 aliphatic rings. The van der Waals surface area contributed by atoms with E-state index in [0.29, 0.717) is 28.8 Å². The highest BCUT2D eigenvalue weighted by Gasteiger charge is 2.39. The van der Waals surface area contributed by atoms with Crippen molar-refractivity contribution in [2.75, 3.05) is 18.0 Å². The highest BCUT2D eigenvalue weighted by Crippen LogP contribution is 2.33. The lowest BCUT2D eigenvalue weighted by molar-refractivity contribution is -0.0171. The zero-order chi connectivity index (χ0) is 15.0. The van der Waals surface area contributed by atoms with Crippen LogP contribution in [0.25, 0.3) is 11.0 Å². The third kappa shape index (κ3) is 2.50. The minimum atomic E-state index is -2.83. The number of nitrogens with two attached hydrogens (primary N) is 1. The number of hydrogen-bond acceptors (Lipinski definition) is 5. The van der Waals surface area contributed by atoms with Gasteiger partial charge in [-0.25, -0.2) is 8.78 Å². The van der Waals surface area contributed by atoms with E-state index in [0.717, 1.165) is 0 Å². The molecule has 1 aromatic heterocycles. The van der Waals surface area contributed by atoms with Crippen LogP contribution in [-0.4, -0.2) is 35.0 Å². The third-order valence-electron chi connectivity index (χ3n) is 3.50. The van der Waals surface area contributed by atoms with Crippen molar-refractivity contribution in [3.63, 3.8) is 0 Å². The molecule has 2 aromatic rings. The molecule has 21 heavy (non-hydrogen) atoms. The number of fused-ring (bicyclic) bond motifs is 1. The first-order valence-corrected chi connectivity index (χ1v) is 6.52. The minimum absolute atomic E-state index is 0.316. The van der Waals surface area contributed by atoms with E-state index in [-0.39, 0.29) is 6.42 Å². The van der Waals surface area contributed by atoms with E-state index < -0.39 is 18.5 Å². The summed E-state index contributed by atoms with van der Waals surface area (Å²) in [7, 11) is 0. The molecule has 2 heterocycles. The first-order valence-electron chi connectivity index (χ1n) is 6.52. The van der Waals surface area contributed by atoms with E-state index in [1.54, 1.807) is 12.1 Å². The molecular formula is C14H13F2N5. The van der Waals surface area contributed by atoms with Gasteiger partial charge < -0.3 is 10.6 Å². The average Bonchev–Trinajstić information content (AvgIpc) is 2.44. The molecule has 1 fully saturated rings. The number of rotatable bonds is 1. The van der Waals surface area contributed by atoms with Gasteiger partial charge in [0.05, 0.1) is 17.8 Å². The van der Waals surface area contributed by atoms with Gasteiger partial charge in [-0.05, 0) is 12.1 Å². The van der Waals surface area contributed by atoms with Crippen LogP contribution in [0.5, 0.6) is 0 Å². The minimum Gasteiger partial charge on any atom is -0.362 e. The van der Waals surface area contributed by atoms with Gasteiger partial charge >= 0.3 is 0 Å². The zero-order valence-corrected chi connectivity index (χ0v) is 11.1. The molecule has 0 unspecified atom stereocenters. The van der Waals surface area contributed by atoms with Crippen LogP contribution in [-0.2, 0) is 0 Å². The van der Waals surface area contributed by atoms with Crippen LogP contribution in [0.2, 0.25) is 0 Å². The van der Waals surface area contributed by atoms with Gasteiger partial charge in [0.25, 0.3) is 5.92 Å². The van der Waals surface area contributed by atoms with Crippen molar-refractivity contribution >= 4 is 16.7 Å². The van der Waals surface area contributed by atoms with Gasteiger partial charge in [0.15, 0.2) is 0 Å². The van der Waals surface area contributed by atoms with E-state index in [9.17, 15) is 8.78 Å². The Bertz CT molecular complexity index is 725. The van der Waals surface area contributed by atoms with Crippen LogP contribution < -0.4 is 10.6 Å². The molecule has 1 atom stereocenters. The van der Waals surface area contributed by atoms with Crippen molar-refractivity contribution in [1.29, 1.82) is 5.26 Å². The summed E-state index contributed by atoms with van der Waals surface area (Å²) in [4.78, 5) is 9.85. The second kappa shape index (κ2) is 4.90. The summed E-state index contributed by atoms with van der Waals surface area (Å²) in [5, 5.41) is 9.09. The second-order valence-electron chi connectivity index (χ2n) is 5.20. The SMILES string of the molecule is N#Cc1ccc(N2C[C@H](N)CC(F)(F)C2)c2nccnc12. The molecule has 2 N–H and O–H groups in total. The molecule has 0 saturated carbocycles. The van der Waals surface area contributed by atoms with E-state index >= 15 is 0 Å². The van der Waals surface area contributed by atoms with Crippen LogP contribution in [0.3, 0.4) is 0 Å². The Kier molecular flexibility index (Phi) is 3.18. The van der Waals surface area contributed by atoms with Gasteiger partial charge in [-0.2, -0.15) is 5.26 Å². The monoisotopic (exact) mass is 289 g/mol. The summed E-state index contributed by atoms with van der Waals surface area (Å²) in [5.41, 5.74) is 7.50. The number of nitrogens with zero attached hydrogens (tertiary/aromatic N) is 4. The molecule has 0 radical (unpaired) electrons. The summed E-state index contributed by atoms with van der Waals surface area (Å²) in [6, 6.07) is 4.63. The molecular weight excluding hydrogens is 276 g/mol. The summed E-state index contributed by atoms with van der Waals surface area (Å²) < 4.78 is 27.5. The van der Waals surface area contributed by atoms with Gasteiger partial charge in [0.2, 0.25) is 0 Å². The molecule has 108 valence electrons. The Balaban J connectivity index is 2.11. The molecule has 0 amide bonds. The number of halogens is 2. The van der Waals surface area contributed by atoms with Gasteiger partial charge in [-0.15, -0.1) is 0 Å². The summed E-state index contributed by atoms with van der Waals surface area (Å²) in [6.07, 6.45) is 2.64. The largest absolute Gasteiger partial charge is 0.362 e. The van der Waals surface area contributed by atoms with E-state index in [1.807, 2.05) is 6.07 Å². The molecule has 5 nitrogen and oxygen atoms in total. The lowest BCUT2D eigenvalue weighted by atomic mass is 10.0. The van der Waals surface area contributed by atoms with Crippen molar-refractivity contribution < 1.29 is 8.78 Å². The quantitative estimate of drug-likeness (QED) is 0.864. The normalized spacial score (nSPS) is 21.2. The van der Waals surface area contributed by atoms with E-state index in [4.69, 9.17) is 11.0 Å².